The average Bonchev–Trinajstić information content (AvgIpc) is 2.65. The molecule has 28 heavy (non-hydrogen) atoms. The van der Waals surface area contributed by atoms with Crippen LogP contribution in [0.1, 0.15) is 43.6 Å². The third-order valence-electron chi connectivity index (χ3n) is 5.51. The lowest BCUT2D eigenvalue weighted by molar-refractivity contribution is 0.243. The Morgan fingerprint density at radius 1 is 0.964 bits per heavy atom. The van der Waals surface area contributed by atoms with E-state index in [1.54, 1.807) is 0 Å². The Hall–Kier alpha value is -2.71. The molecule has 3 aromatic carbocycles. The fourth-order valence-electron chi connectivity index (χ4n) is 4.53. The van der Waals surface area contributed by atoms with Crippen molar-refractivity contribution in [3.63, 3.8) is 0 Å². The van der Waals surface area contributed by atoms with Crippen molar-refractivity contribution in [1.29, 1.82) is 0 Å². The van der Waals surface area contributed by atoms with Crippen molar-refractivity contribution in [2.24, 2.45) is 0 Å². The predicted octanol–water partition coefficient (Wildman–Crippen LogP) is 7.10. The van der Waals surface area contributed by atoms with Crippen LogP contribution in [0, 0.1) is 0 Å². The van der Waals surface area contributed by atoms with Crippen LogP contribution in [0.5, 0.6) is 5.75 Å². The third-order valence-corrected chi connectivity index (χ3v) is 5.74. The molecule has 0 aromatic heterocycles. The summed E-state index contributed by atoms with van der Waals surface area (Å²) in [5.41, 5.74) is 8.20. The zero-order valence-corrected chi connectivity index (χ0v) is 17.0. The summed E-state index contributed by atoms with van der Waals surface area (Å²) in [6, 6.07) is 20.7. The van der Waals surface area contributed by atoms with Gasteiger partial charge < -0.3 is 10.1 Å². The molecule has 140 valence electrons. The molecule has 0 saturated heterocycles. The Morgan fingerprint density at radius 3 is 2.61 bits per heavy atom. The predicted molar refractivity (Wildman–Crippen MR) is 117 cm³/mol. The van der Waals surface area contributed by atoms with Crippen LogP contribution >= 0.6 is 11.6 Å². The minimum atomic E-state index is -0.204. The number of rotatable bonds is 1. The molecule has 0 amide bonds. The standard InChI is InChI=1S/C25H22ClNO/c1-15-14-25(2,3)27-20-12-11-19-18-9-4-5-10-21(18)28-24(23(19)22(15)20)16-7-6-8-17(26)13-16/h4-14,24,27H,1-3H3/t24-/m0/s1. The lowest BCUT2D eigenvalue weighted by atomic mass is 9.80. The molecule has 1 N–H and O–H groups in total. The number of allylic oxidation sites excluding steroid dienone is 1. The van der Waals surface area contributed by atoms with Crippen molar-refractivity contribution >= 4 is 22.9 Å². The number of ether oxygens (including phenoxy) is 1. The fourth-order valence-corrected chi connectivity index (χ4v) is 4.73. The van der Waals surface area contributed by atoms with Gasteiger partial charge in [-0.15, -0.1) is 0 Å². The molecule has 5 rings (SSSR count). The number of nitrogens with one attached hydrogen (secondary N) is 1. The number of hydrogen-bond acceptors (Lipinski definition) is 2. The minimum absolute atomic E-state index is 0.0791. The molecule has 2 aliphatic heterocycles. The van der Waals surface area contributed by atoms with Gasteiger partial charge in [-0.2, -0.15) is 0 Å². The number of fused-ring (bicyclic) bond motifs is 5. The quantitative estimate of drug-likeness (QED) is 0.481. The smallest absolute Gasteiger partial charge is 0.150 e. The van der Waals surface area contributed by atoms with E-state index in [0.29, 0.717) is 0 Å². The van der Waals surface area contributed by atoms with Gasteiger partial charge in [0.05, 0.1) is 5.54 Å². The van der Waals surface area contributed by atoms with Crippen LogP contribution in [-0.2, 0) is 0 Å². The highest BCUT2D eigenvalue weighted by Crippen LogP contribution is 2.50. The van der Waals surface area contributed by atoms with Gasteiger partial charge in [0.1, 0.15) is 5.75 Å². The van der Waals surface area contributed by atoms with Crippen molar-refractivity contribution in [2.75, 3.05) is 5.32 Å². The first-order chi connectivity index (χ1) is 13.4. The lowest BCUT2D eigenvalue weighted by Crippen LogP contribution is -2.32. The van der Waals surface area contributed by atoms with Gasteiger partial charge in [-0.1, -0.05) is 54.1 Å². The molecule has 1 atom stereocenters. The van der Waals surface area contributed by atoms with Gasteiger partial charge in [-0.25, -0.2) is 0 Å². The van der Waals surface area contributed by atoms with E-state index in [9.17, 15) is 0 Å². The highest BCUT2D eigenvalue weighted by Gasteiger charge is 2.34. The molecule has 0 spiro atoms. The second kappa shape index (κ2) is 6.15. The van der Waals surface area contributed by atoms with Crippen molar-refractivity contribution < 1.29 is 4.74 Å². The summed E-state index contributed by atoms with van der Waals surface area (Å²) in [7, 11) is 0. The first-order valence-corrected chi connectivity index (χ1v) is 9.97. The molecule has 3 heteroatoms. The summed E-state index contributed by atoms with van der Waals surface area (Å²) < 4.78 is 6.55. The molecule has 2 aliphatic rings. The van der Waals surface area contributed by atoms with Crippen molar-refractivity contribution in [3.8, 4) is 16.9 Å². The van der Waals surface area contributed by atoms with E-state index in [-0.39, 0.29) is 11.6 Å². The van der Waals surface area contributed by atoms with Gasteiger partial charge in [0.2, 0.25) is 0 Å². The highest BCUT2D eigenvalue weighted by atomic mass is 35.5. The van der Waals surface area contributed by atoms with E-state index in [1.165, 1.54) is 22.3 Å². The average molecular weight is 388 g/mol. The lowest BCUT2D eigenvalue weighted by Gasteiger charge is -2.37. The molecular formula is C25H22ClNO. The molecule has 0 unspecified atom stereocenters. The highest BCUT2D eigenvalue weighted by molar-refractivity contribution is 6.30. The maximum Gasteiger partial charge on any atom is 0.150 e. The summed E-state index contributed by atoms with van der Waals surface area (Å²) in [4.78, 5) is 0. The summed E-state index contributed by atoms with van der Waals surface area (Å²) in [6.07, 6.45) is 2.09. The number of anilines is 1. The second-order valence-corrected chi connectivity index (χ2v) is 8.61. The van der Waals surface area contributed by atoms with E-state index in [2.05, 4.69) is 62.5 Å². The third kappa shape index (κ3) is 2.71. The minimum Gasteiger partial charge on any atom is -0.480 e. The summed E-state index contributed by atoms with van der Waals surface area (Å²) in [5, 5.41) is 4.39. The number of hydrogen-bond donors (Lipinski definition) is 1. The van der Waals surface area contributed by atoms with Crippen molar-refractivity contribution in [2.45, 2.75) is 32.4 Å². The molecule has 0 bridgehead atoms. The van der Waals surface area contributed by atoms with E-state index >= 15 is 0 Å². The maximum absolute atomic E-state index is 6.55. The molecule has 2 heterocycles. The van der Waals surface area contributed by atoms with Crippen molar-refractivity contribution in [3.05, 3.63) is 88.5 Å². The van der Waals surface area contributed by atoms with Crippen LogP contribution in [0.25, 0.3) is 16.7 Å². The molecule has 0 aliphatic carbocycles. The summed E-state index contributed by atoms with van der Waals surface area (Å²) in [6.45, 7) is 6.58. The second-order valence-electron chi connectivity index (χ2n) is 8.17. The largest absolute Gasteiger partial charge is 0.480 e. The van der Waals surface area contributed by atoms with Crippen LogP contribution < -0.4 is 10.1 Å². The van der Waals surface area contributed by atoms with E-state index in [4.69, 9.17) is 16.3 Å². The molecule has 3 aromatic rings. The van der Waals surface area contributed by atoms with Crippen LogP contribution in [-0.4, -0.2) is 5.54 Å². The van der Waals surface area contributed by atoms with Gasteiger partial charge in [-0.3, -0.25) is 0 Å². The van der Waals surface area contributed by atoms with E-state index < -0.39 is 0 Å². The Morgan fingerprint density at radius 2 is 1.79 bits per heavy atom. The summed E-state index contributed by atoms with van der Waals surface area (Å²) >= 11 is 6.32. The van der Waals surface area contributed by atoms with E-state index in [0.717, 1.165) is 27.6 Å². The molecule has 0 radical (unpaired) electrons. The zero-order chi connectivity index (χ0) is 19.5. The summed E-state index contributed by atoms with van der Waals surface area (Å²) in [5.74, 6) is 0.908. The fraction of sp³-hybridized carbons (Fsp3) is 0.200. The molecule has 0 saturated carbocycles. The number of benzene rings is 3. The molecule has 0 fully saturated rings. The number of para-hydroxylation sites is 1. The zero-order valence-electron chi connectivity index (χ0n) is 16.2. The molecular weight excluding hydrogens is 366 g/mol. The van der Waals surface area contributed by atoms with Gasteiger partial charge >= 0.3 is 0 Å². The van der Waals surface area contributed by atoms with Crippen LogP contribution in [0.4, 0.5) is 5.69 Å². The Balaban J connectivity index is 1.81. The SMILES string of the molecule is CC1=CC(C)(C)Nc2ccc3c(c21)[C@H](c1cccc(Cl)c1)Oc1ccccc1-3. The van der Waals surface area contributed by atoms with Gasteiger partial charge in [0, 0.05) is 27.4 Å². The topological polar surface area (TPSA) is 21.3 Å². The van der Waals surface area contributed by atoms with Crippen LogP contribution in [0.2, 0.25) is 5.02 Å². The number of halogens is 1. The Labute approximate surface area is 170 Å². The maximum atomic E-state index is 6.55. The van der Waals surface area contributed by atoms with Crippen LogP contribution in [0.15, 0.2) is 66.7 Å². The van der Waals surface area contributed by atoms with Gasteiger partial charge in [0.15, 0.2) is 6.10 Å². The van der Waals surface area contributed by atoms with Crippen molar-refractivity contribution in [1.82, 2.24) is 0 Å². The van der Waals surface area contributed by atoms with Gasteiger partial charge in [0.25, 0.3) is 0 Å². The first kappa shape index (κ1) is 17.4. The Bertz CT molecular complexity index is 1130. The van der Waals surface area contributed by atoms with E-state index in [1.807, 2.05) is 30.3 Å². The normalized spacial score (nSPS) is 18.7. The van der Waals surface area contributed by atoms with Crippen LogP contribution in [0.3, 0.4) is 0 Å². The first-order valence-electron chi connectivity index (χ1n) is 9.59. The molecule has 2 nitrogen and oxygen atoms in total. The monoisotopic (exact) mass is 387 g/mol. The van der Waals surface area contributed by atoms with Gasteiger partial charge in [-0.05, 0) is 61.7 Å². The Kier molecular flexibility index (Phi) is 3.82.